The van der Waals surface area contributed by atoms with Crippen molar-refractivity contribution in [2.75, 3.05) is 5.32 Å². The molecule has 1 aromatic heterocycles. The van der Waals surface area contributed by atoms with Gasteiger partial charge in [-0.3, -0.25) is 0 Å². The van der Waals surface area contributed by atoms with E-state index >= 15 is 0 Å². The molecule has 178 valence electrons. The van der Waals surface area contributed by atoms with E-state index in [1.54, 1.807) is 12.5 Å². The van der Waals surface area contributed by atoms with Crippen molar-refractivity contribution in [3.63, 3.8) is 0 Å². The smallest absolute Gasteiger partial charge is 0.225 e. The van der Waals surface area contributed by atoms with Gasteiger partial charge in [0.05, 0.1) is 11.2 Å². The summed E-state index contributed by atoms with van der Waals surface area (Å²) in [6.07, 6.45) is 3.37. The number of nitrogens with one attached hydrogen (secondary N) is 1. The third-order valence-corrected chi connectivity index (χ3v) is 5.01. The van der Waals surface area contributed by atoms with Gasteiger partial charge in [0.1, 0.15) is 17.9 Å². The Balaban J connectivity index is 0.000000970. The number of thiocarbonyl (C=S) groups is 1. The summed E-state index contributed by atoms with van der Waals surface area (Å²) in [5.41, 5.74) is 5.31. The second-order valence-corrected chi connectivity index (χ2v) is 7.40. The molecule has 0 aliphatic carbocycles. The van der Waals surface area contributed by atoms with Gasteiger partial charge in [0.25, 0.3) is 0 Å². The maximum atomic E-state index is 13.8. The Bertz CT molecular complexity index is 1190. The van der Waals surface area contributed by atoms with E-state index < -0.39 is 11.6 Å². The van der Waals surface area contributed by atoms with E-state index in [9.17, 15) is 8.78 Å². The Morgan fingerprint density at radius 2 is 1.59 bits per heavy atom. The molecule has 0 spiro atoms. The summed E-state index contributed by atoms with van der Waals surface area (Å²) in [7, 11) is 0. The molecule has 0 atom stereocenters. The highest BCUT2D eigenvalue weighted by Crippen LogP contribution is 2.29. The quantitative estimate of drug-likeness (QED) is 0.290. The molecule has 34 heavy (non-hydrogen) atoms. The average molecular weight is 481 g/mol. The largest absolute Gasteiger partial charge is 0.445 e. The number of halogens is 2. The molecule has 0 bridgehead atoms. The molecule has 0 fully saturated rings. The molecule has 0 saturated carbocycles. The molecule has 1 N–H and O–H groups in total. The first kappa shape index (κ1) is 26.9. The predicted molar refractivity (Wildman–Crippen MR) is 141 cm³/mol. The number of aryl methyl sites for hydroxylation is 1. The Labute approximate surface area is 205 Å². The Morgan fingerprint density at radius 3 is 2.21 bits per heavy atom. The molecule has 4 rings (SSSR count). The van der Waals surface area contributed by atoms with Crippen LogP contribution in [0.1, 0.15) is 38.8 Å². The number of aromatic nitrogens is 1. The second kappa shape index (κ2) is 13.4. The summed E-state index contributed by atoms with van der Waals surface area (Å²) >= 11 is 5.33. The van der Waals surface area contributed by atoms with Crippen LogP contribution in [-0.4, -0.2) is 9.97 Å². The van der Waals surface area contributed by atoms with Crippen LogP contribution < -0.4 is 5.32 Å². The molecule has 0 aliphatic rings. The highest BCUT2D eigenvalue weighted by Gasteiger charge is 2.10. The fourth-order valence-electron chi connectivity index (χ4n) is 3.21. The van der Waals surface area contributed by atoms with Crippen molar-refractivity contribution in [3.8, 4) is 22.6 Å². The summed E-state index contributed by atoms with van der Waals surface area (Å²) in [5.74, 6) is -0.628. The summed E-state index contributed by atoms with van der Waals surface area (Å²) in [6.45, 7) is 10.0. The van der Waals surface area contributed by atoms with Crippen molar-refractivity contribution >= 4 is 22.9 Å². The number of rotatable bonds is 5. The Morgan fingerprint density at radius 1 is 0.912 bits per heavy atom. The maximum Gasteiger partial charge on any atom is 0.225 e. The fourth-order valence-corrected chi connectivity index (χ4v) is 3.48. The second-order valence-electron chi connectivity index (χ2n) is 6.90. The van der Waals surface area contributed by atoms with Crippen molar-refractivity contribution in [1.82, 2.24) is 4.98 Å². The van der Waals surface area contributed by atoms with Crippen LogP contribution in [0.15, 0.2) is 77.5 Å². The van der Waals surface area contributed by atoms with Crippen LogP contribution in [0.4, 0.5) is 14.5 Å². The van der Waals surface area contributed by atoms with E-state index in [-0.39, 0.29) is 6.42 Å². The third-order valence-electron chi connectivity index (χ3n) is 4.76. The maximum absolute atomic E-state index is 13.8. The molecule has 0 aliphatic heterocycles. The first-order chi connectivity index (χ1) is 16.5. The molecule has 0 saturated heterocycles. The van der Waals surface area contributed by atoms with E-state index in [0.29, 0.717) is 16.4 Å². The van der Waals surface area contributed by atoms with Crippen LogP contribution in [0.3, 0.4) is 0 Å². The van der Waals surface area contributed by atoms with Gasteiger partial charge in [-0.05, 0) is 59.5 Å². The standard InChI is InChI=1S/C24H18F2N2OS.2C2H6/c1-15-2-3-18(24-27-10-11-29-24)12-21(15)16-5-8-20(9-6-16)28-23(30)13-17-4-7-19(25)14-22(17)26;2*1-2/h2-12,14H,13H2,1H3,(H,28,30);2*1-2H3. The fraction of sp³-hybridized carbons (Fsp3) is 0.214. The van der Waals surface area contributed by atoms with Crippen molar-refractivity contribution < 1.29 is 13.2 Å². The van der Waals surface area contributed by atoms with E-state index in [1.807, 2.05) is 77.1 Å². The van der Waals surface area contributed by atoms with Gasteiger partial charge < -0.3 is 9.73 Å². The first-order valence-corrected chi connectivity index (χ1v) is 11.7. The van der Waals surface area contributed by atoms with E-state index in [0.717, 1.165) is 34.0 Å². The SMILES string of the molecule is CC.CC.Cc1ccc(-c2ncco2)cc1-c1ccc(NC(=S)Cc2ccc(F)cc2F)cc1. The van der Waals surface area contributed by atoms with Crippen molar-refractivity contribution in [1.29, 1.82) is 0 Å². The summed E-state index contributed by atoms with van der Waals surface area (Å²) in [6, 6.07) is 17.4. The number of benzene rings is 3. The first-order valence-electron chi connectivity index (χ1n) is 11.3. The van der Waals surface area contributed by atoms with Gasteiger partial charge in [0.15, 0.2) is 0 Å². The highest BCUT2D eigenvalue weighted by molar-refractivity contribution is 7.80. The van der Waals surface area contributed by atoms with E-state index in [2.05, 4.69) is 10.3 Å². The molecule has 4 aromatic rings. The normalized spacial score (nSPS) is 9.85. The van der Waals surface area contributed by atoms with Crippen LogP contribution in [0.5, 0.6) is 0 Å². The molecule has 6 heteroatoms. The van der Waals surface area contributed by atoms with Gasteiger partial charge in [0.2, 0.25) is 5.89 Å². The van der Waals surface area contributed by atoms with Crippen molar-refractivity contribution in [2.24, 2.45) is 0 Å². The summed E-state index contributed by atoms with van der Waals surface area (Å²) in [5, 5.41) is 3.11. The van der Waals surface area contributed by atoms with Crippen LogP contribution in [-0.2, 0) is 6.42 Å². The number of oxazole rings is 1. The minimum absolute atomic E-state index is 0.195. The number of nitrogens with zero attached hydrogens (tertiary/aromatic N) is 1. The van der Waals surface area contributed by atoms with Crippen LogP contribution in [0.2, 0.25) is 0 Å². The van der Waals surface area contributed by atoms with E-state index in [4.69, 9.17) is 16.6 Å². The number of hydrogen-bond acceptors (Lipinski definition) is 3. The lowest BCUT2D eigenvalue weighted by molar-refractivity contribution is 0.574. The third kappa shape index (κ3) is 7.06. The number of anilines is 1. The lowest BCUT2D eigenvalue weighted by Crippen LogP contribution is -2.13. The van der Waals surface area contributed by atoms with Gasteiger partial charge in [0, 0.05) is 23.7 Å². The van der Waals surface area contributed by atoms with Crippen molar-refractivity contribution in [3.05, 3.63) is 95.9 Å². The molecule has 3 aromatic carbocycles. The Kier molecular flexibility index (Phi) is 10.6. The highest BCUT2D eigenvalue weighted by atomic mass is 32.1. The Hall–Kier alpha value is -3.38. The molecular formula is C28H30F2N2OS. The minimum atomic E-state index is -0.604. The zero-order chi connectivity index (χ0) is 25.1. The lowest BCUT2D eigenvalue weighted by Gasteiger charge is -2.11. The molecule has 3 nitrogen and oxygen atoms in total. The van der Waals surface area contributed by atoms with Gasteiger partial charge in [-0.25, -0.2) is 13.8 Å². The minimum Gasteiger partial charge on any atom is -0.445 e. The zero-order valence-electron chi connectivity index (χ0n) is 20.2. The number of hydrogen-bond donors (Lipinski definition) is 1. The molecular weight excluding hydrogens is 450 g/mol. The topological polar surface area (TPSA) is 38.1 Å². The predicted octanol–water partition coefficient (Wildman–Crippen LogP) is 8.63. The molecule has 0 radical (unpaired) electrons. The monoisotopic (exact) mass is 480 g/mol. The van der Waals surface area contributed by atoms with Crippen molar-refractivity contribution in [2.45, 2.75) is 41.0 Å². The van der Waals surface area contributed by atoms with Gasteiger partial charge in [-0.1, -0.05) is 64.2 Å². The zero-order valence-corrected chi connectivity index (χ0v) is 21.0. The van der Waals surface area contributed by atoms with Crippen LogP contribution in [0, 0.1) is 18.6 Å². The molecule has 0 unspecified atom stereocenters. The molecule has 0 amide bonds. The molecule has 1 heterocycles. The summed E-state index contributed by atoms with van der Waals surface area (Å²) < 4.78 is 32.3. The van der Waals surface area contributed by atoms with Gasteiger partial charge in [-0.15, -0.1) is 0 Å². The van der Waals surface area contributed by atoms with Gasteiger partial charge in [-0.2, -0.15) is 0 Å². The van der Waals surface area contributed by atoms with Crippen LogP contribution in [0.25, 0.3) is 22.6 Å². The van der Waals surface area contributed by atoms with Crippen LogP contribution >= 0.6 is 12.2 Å². The van der Waals surface area contributed by atoms with Gasteiger partial charge >= 0.3 is 0 Å². The summed E-state index contributed by atoms with van der Waals surface area (Å²) in [4.78, 5) is 4.66. The lowest BCUT2D eigenvalue weighted by atomic mass is 9.98. The van der Waals surface area contributed by atoms with E-state index in [1.165, 1.54) is 12.1 Å². The average Bonchev–Trinajstić information content (AvgIpc) is 3.39.